The van der Waals surface area contributed by atoms with Gasteiger partial charge in [0, 0.05) is 24.5 Å². The van der Waals surface area contributed by atoms with E-state index in [2.05, 4.69) is 31.7 Å². The van der Waals surface area contributed by atoms with Crippen molar-refractivity contribution in [3.8, 4) is 6.07 Å². The van der Waals surface area contributed by atoms with Gasteiger partial charge in [-0.25, -0.2) is 14.4 Å². The summed E-state index contributed by atoms with van der Waals surface area (Å²) in [5.41, 5.74) is 3.64. The first-order valence-electron chi connectivity index (χ1n) is 10.1. The van der Waals surface area contributed by atoms with Gasteiger partial charge in [-0.05, 0) is 42.8 Å². The number of hydrogen-bond donors (Lipinski definition) is 4. The van der Waals surface area contributed by atoms with Crippen LogP contribution in [0.3, 0.4) is 0 Å². The Morgan fingerprint density at radius 1 is 1.21 bits per heavy atom. The zero-order valence-electron chi connectivity index (χ0n) is 17.9. The minimum Gasteiger partial charge on any atom is -0.387 e. The van der Waals surface area contributed by atoms with Crippen LogP contribution >= 0.6 is 0 Å². The molecule has 8 nitrogen and oxygen atoms in total. The van der Waals surface area contributed by atoms with Crippen LogP contribution in [-0.2, 0) is 0 Å². The van der Waals surface area contributed by atoms with E-state index in [-0.39, 0.29) is 23.4 Å². The summed E-state index contributed by atoms with van der Waals surface area (Å²) in [6.45, 7) is 1.84. The molecule has 4 rings (SSSR count). The number of halogens is 1. The Kier molecular flexibility index (Phi) is 5.83. The van der Waals surface area contributed by atoms with E-state index in [9.17, 15) is 9.18 Å². The van der Waals surface area contributed by atoms with Crippen molar-refractivity contribution in [3.05, 3.63) is 88.6 Å². The Hall–Kier alpha value is -4.58. The molecule has 0 radical (unpaired) electrons. The lowest BCUT2D eigenvalue weighted by Gasteiger charge is -2.14. The molecular formula is C24H20FN7O. The molecule has 4 aromatic rings. The van der Waals surface area contributed by atoms with Gasteiger partial charge in [0.1, 0.15) is 17.0 Å². The first-order chi connectivity index (χ1) is 15.9. The second-order valence-corrected chi connectivity index (χ2v) is 7.40. The summed E-state index contributed by atoms with van der Waals surface area (Å²) in [4.78, 5) is 24.7. The molecule has 164 valence electrons. The molecular weight excluding hydrogens is 421 g/mol. The number of rotatable bonds is 6. The fourth-order valence-corrected chi connectivity index (χ4v) is 3.47. The standard InChI is InChI=1S/C24H20FN7O/c1-13(15-5-3-14(10-26)4-6-15)31-24(33)18-11-29-23-22(18)32-20(12-30-23)21(27)17-8-7-16(25)9-19(17)28-2/h3-9,11-13,27-28H,1-2H3,(H,29,30)(H,31,33). The predicted octanol–water partition coefficient (Wildman–Crippen LogP) is 3.92. The molecule has 1 atom stereocenters. The highest BCUT2D eigenvalue weighted by Crippen LogP contribution is 2.22. The maximum absolute atomic E-state index is 13.6. The first-order valence-corrected chi connectivity index (χ1v) is 10.1. The molecule has 0 spiro atoms. The zero-order valence-corrected chi connectivity index (χ0v) is 17.9. The van der Waals surface area contributed by atoms with E-state index in [1.807, 2.05) is 6.92 Å². The fraction of sp³-hybridized carbons (Fsp3) is 0.125. The minimum absolute atomic E-state index is 0.0484. The first kappa shape index (κ1) is 21.6. The molecule has 0 bridgehead atoms. The van der Waals surface area contributed by atoms with Crippen molar-refractivity contribution in [2.75, 3.05) is 12.4 Å². The Bertz CT molecular complexity index is 1400. The number of carbonyl (C=O) groups is 1. The molecule has 2 aromatic carbocycles. The summed E-state index contributed by atoms with van der Waals surface area (Å²) in [5.74, 6) is -0.771. The molecule has 0 saturated heterocycles. The van der Waals surface area contributed by atoms with Gasteiger partial charge < -0.3 is 15.6 Å². The molecule has 2 heterocycles. The lowest BCUT2D eigenvalue weighted by molar-refractivity contribution is 0.0941. The summed E-state index contributed by atoms with van der Waals surface area (Å²) in [7, 11) is 1.64. The molecule has 9 heteroatoms. The summed E-state index contributed by atoms with van der Waals surface area (Å²) in [6, 6.07) is 12.8. The van der Waals surface area contributed by atoms with Crippen molar-refractivity contribution in [3.63, 3.8) is 0 Å². The van der Waals surface area contributed by atoms with Crippen LogP contribution < -0.4 is 10.6 Å². The van der Waals surface area contributed by atoms with Crippen molar-refractivity contribution in [2.45, 2.75) is 13.0 Å². The summed E-state index contributed by atoms with van der Waals surface area (Å²) in [6.07, 6.45) is 2.96. The highest BCUT2D eigenvalue weighted by Gasteiger charge is 2.19. The van der Waals surface area contributed by atoms with E-state index in [1.165, 1.54) is 30.6 Å². The molecule has 1 unspecified atom stereocenters. The molecule has 0 fully saturated rings. The van der Waals surface area contributed by atoms with E-state index in [4.69, 9.17) is 10.7 Å². The van der Waals surface area contributed by atoms with Crippen LogP contribution in [0.2, 0.25) is 0 Å². The number of amides is 1. The van der Waals surface area contributed by atoms with Crippen LogP contribution in [0.15, 0.2) is 54.9 Å². The van der Waals surface area contributed by atoms with Crippen LogP contribution in [0.4, 0.5) is 10.1 Å². The summed E-state index contributed by atoms with van der Waals surface area (Å²) >= 11 is 0. The third-order valence-electron chi connectivity index (χ3n) is 5.29. The SMILES string of the molecule is CNc1cc(F)ccc1C(=N)c1cnc2[nH]cc(C(=O)NC(C)c3ccc(C#N)cc3)c2n1. The second kappa shape index (κ2) is 8.88. The number of anilines is 1. The van der Waals surface area contributed by atoms with Gasteiger partial charge in [-0.2, -0.15) is 5.26 Å². The number of aromatic nitrogens is 3. The number of benzene rings is 2. The maximum Gasteiger partial charge on any atom is 0.255 e. The third-order valence-corrected chi connectivity index (χ3v) is 5.29. The predicted molar refractivity (Wildman–Crippen MR) is 123 cm³/mol. The van der Waals surface area contributed by atoms with Gasteiger partial charge in [-0.15, -0.1) is 0 Å². The summed E-state index contributed by atoms with van der Waals surface area (Å²) in [5, 5.41) is 23.3. The Labute approximate surface area is 189 Å². The van der Waals surface area contributed by atoms with E-state index >= 15 is 0 Å². The third kappa shape index (κ3) is 4.27. The summed E-state index contributed by atoms with van der Waals surface area (Å²) < 4.78 is 13.6. The Balaban J connectivity index is 1.62. The van der Waals surface area contributed by atoms with Crippen LogP contribution in [0.5, 0.6) is 0 Å². The van der Waals surface area contributed by atoms with Crippen molar-refractivity contribution >= 4 is 28.5 Å². The van der Waals surface area contributed by atoms with Crippen LogP contribution in [0.1, 0.15) is 45.7 Å². The quantitative estimate of drug-likeness (QED) is 0.337. The monoisotopic (exact) mass is 441 g/mol. The fourth-order valence-electron chi connectivity index (χ4n) is 3.47. The molecule has 0 aliphatic carbocycles. The van der Waals surface area contributed by atoms with Gasteiger partial charge in [0.25, 0.3) is 5.91 Å². The molecule has 1 amide bonds. The van der Waals surface area contributed by atoms with E-state index in [1.54, 1.807) is 31.3 Å². The minimum atomic E-state index is -0.418. The van der Waals surface area contributed by atoms with E-state index < -0.39 is 5.82 Å². The highest BCUT2D eigenvalue weighted by molar-refractivity contribution is 6.14. The van der Waals surface area contributed by atoms with Gasteiger partial charge in [0.2, 0.25) is 0 Å². The van der Waals surface area contributed by atoms with Crippen LogP contribution in [-0.4, -0.2) is 33.6 Å². The lowest BCUT2D eigenvalue weighted by atomic mass is 10.0. The average Bonchev–Trinajstić information content (AvgIpc) is 3.27. The zero-order chi connectivity index (χ0) is 23.5. The van der Waals surface area contributed by atoms with Gasteiger partial charge in [-0.3, -0.25) is 10.2 Å². The van der Waals surface area contributed by atoms with Crippen molar-refractivity contribution < 1.29 is 9.18 Å². The number of carbonyl (C=O) groups excluding carboxylic acids is 1. The van der Waals surface area contributed by atoms with Gasteiger partial charge in [0.15, 0.2) is 5.65 Å². The topological polar surface area (TPSA) is 130 Å². The second-order valence-electron chi connectivity index (χ2n) is 7.40. The van der Waals surface area contributed by atoms with E-state index in [0.29, 0.717) is 33.5 Å². The highest BCUT2D eigenvalue weighted by atomic mass is 19.1. The Morgan fingerprint density at radius 3 is 2.67 bits per heavy atom. The van der Waals surface area contributed by atoms with Gasteiger partial charge in [0.05, 0.1) is 35.1 Å². The smallest absolute Gasteiger partial charge is 0.255 e. The van der Waals surface area contributed by atoms with Crippen molar-refractivity contribution in [1.29, 1.82) is 10.7 Å². The van der Waals surface area contributed by atoms with Crippen molar-refractivity contribution in [1.82, 2.24) is 20.3 Å². The number of H-pyrrole nitrogens is 1. The molecule has 33 heavy (non-hydrogen) atoms. The molecule has 0 saturated carbocycles. The Morgan fingerprint density at radius 2 is 1.97 bits per heavy atom. The number of nitrogens with one attached hydrogen (secondary N) is 4. The lowest BCUT2D eigenvalue weighted by Crippen LogP contribution is -2.26. The molecule has 0 aliphatic heterocycles. The van der Waals surface area contributed by atoms with Crippen molar-refractivity contribution in [2.24, 2.45) is 0 Å². The number of aromatic amines is 1. The number of nitriles is 1. The maximum atomic E-state index is 13.6. The van der Waals surface area contributed by atoms with E-state index in [0.717, 1.165) is 5.56 Å². The largest absolute Gasteiger partial charge is 0.387 e. The van der Waals surface area contributed by atoms with Crippen LogP contribution in [0, 0.1) is 22.6 Å². The molecule has 0 aliphatic rings. The number of hydrogen-bond acceptors (Lipinski definition) is 6. The van der Waals surface area contributed by atoms with Gasteiger partial charge in [-0.1, -0.05) is 12.1 Å². The van der Waals surface area contributed by atoms with Crippen LogP contribution in [0.25, 0.3) is 11.2 Å². The number of fused-ring (bicyclic) bond motifs is 1. The normalized spacial score (nSPS) is 11.6. The molecule has 4 N–H and O–H groups in total. The number of nitrogens with zero attached hydrogens (tertiary/aromatic N) is 3. The van der Waals surface area contributed by atoms with Gasteiger partial charge >= 0.3 is 0 Å². The molecule has 2 aromatic heterocycles. The average molecular weight is 441 g/mol.